The quantitative estimate of drug-likeness (QED) is 0.718. The first-order valence-corrected chi connectivity index (χ1v) is 4.77. The standard InChI is InChI=1S/C10H14N2O2/c1-7-9(3-5-14-7)10(13)12-4-2-8(11)6-12/h3,5,8H,2,4,6,11H2,1H3/t8-/m1/s1. The maximum absolute atomic E-state index is 11.9. The molecule has 1 aliphatic heterocycles. The molecule has 76 valence electrons. The van der Waals surface area contributed by atoms with Gasteiger partial charge in [0.15, 0.2) is 0 Å². The van der Waals surface area contributed by atoms with Crippen LogP contribution < -0.4 is 5.73 Å². The fourth-order valence-corrected chi connectivity index (χ4v) is 1.75. The van der Waals surface area contributed by atoms with Gasteiger partial charge in [-0.1, -0.05) is 0 Å². The topological polar surface area (TPSA) is 59.5 Å². The molecular weight excluding hydrogens is 180 g/mol. The summed E-state index contributed by atoms with van der Waals surface area (Å²) in [7, 11) is 0. The maximum Gasteiger partial charge on any atom is 0.257 e. The fourth-order valence-electron chi connectivity index (χ4n) is 1.75. The van der Waals surface area contributed by atoms with Gasteiger partial charge in [-0.25, -0.2) is 0 Å². The number of nitrogens with zero attached hydrogens (tertiary/aromatic N) is 1. The predicted molar refractivity (Wildman–Crippen MR) is 51.9 cm³/mol. The number of carbonyl (C=O) groups is 1. The van der Waals surface area contributed by atoms with E-state index in [1.165, 1.54) is 0 Å². The predicted octanol–water partition coefficient (Wildman–Crippen LogP) is 0.761. The summed E-state index contributed by atoms with van der Waals surface area (Å²) in [5, 5.41) is 0. The molecule has 0 aromatic carbocycles. The molecule has 2 rings (SSSR count). The van der Waals surface area contributed by atoms with Crippen LogP contribution in [0, 0.1) is 6.92 Å². The Morgan fingerprint density at radius 3 is 3.00 bits per heavy atom. The molecular formula is C10H14N2O2. The van der Waals surface area contributed by atoms with Crippen molar-refractivity contribution in [3.05, 3.63) is 23.7 Å². The highest BCUT2D eigenvalue weighted by Gasteiger charge is 2.26. The molecule has 2 N–H and O–H groups in total. The molecule has 1 aromatic rings. The molecule has 4 nitrogen and oxygen atoms in total. The maximum atomic E-state index is 11.9. The van der Waals surface area contributed by atoms with Crippen molar-refractivity contribution < 1.29 is 9.21 Å². The number of nitrogens with two attached hydrogens (primary N) is 1. The Morgan fingerprint density at radius 1 is 1.71 bits per heavy atom. The van der Waals surface area contributed by atoms with Crippen LogP contribution in [-0.2, 0) is 0 Å². The molecule has 0 saturated carbocycles. The van der Waals surface area contributed by atoms with E-state index in [4.69, 9.17) is 10.2 Å². The van der Waals surface area contributed by atoms with Gasteiger partial charge in [0.05, 0.1) is 11.8 Å². The molecule has 0 bridgehead atoms. The Bertz CT molecular complexity index is 346. The van der Waals surface area contributed by atoms with Crippen LogP contribution in [0.25, 0.3) is 0 Å². The minimum atomic E-state index is 0.0317. The largest absolute Gasteiger partial charge is 0.469 e. The molecule has 1 aromatic heterocycles. The normalized spacial score (nSPS) is 21.6. The van der Waals surface area contributed by atoms with Crippen molar-refractivity contribution in [2.24, 2.45) is 5.73 Å². The average Bonchev–Trinajstić information content (AvgIpc) is 2.73. The Kier molecular flexibility index (Phi) is 2.29. The van der Waals surface area contributed by atoms with Crippen LogP contribution in [0.15, 0.2) is 16.7 Å². The zero-order valence-electron chi connectivity index (χ0n) is 8.19. The van der Waals surface area contributed by atoms with Crippen LogP contribution in [0.1, 0.15) is 22.5 Å². The lowest BCUT2D eigenvalue weighted by molar-refractivity contribution is 0.0789. The van der Waals surface area contributed by atoms with Crippen LogP contribution in [0.5, 0.6) is 0 Å². The first-order valence-electron chi connectivity index (χ1n) is 4.77. The number of carbonyl (C=O) groups excluding carboxylic acids is 1. The Balaban J connectivity index is 2.13. The van der Waals surface area contributed by atoms with E-state index < -0.39 is 0 Å². The van der Waals surface area contributed by atoms with Gasteiger partial charge in [0.25, 0.3) is 5.91 Å². The van der Waals surface area contributed by atoms with Gasteiger partial charge in [0, 0.05) is 19.1 Å². The lowest BCUT2D eigenvalue weighted by atomic mass is 10.2. The van der Waals surface area contributed by atoms with Crippen LogP contribution >= 0.6 is 0 Å². The number of hydrogen-bond acceptors (Lipinski definition) is 3. The second kappa shape index (κ2) is 3.46. The molecule has 1 saturated heterocycles. The van der Waals surface area contributed by atoms with E-state index in [0.29, 0.717) is 17.9 Å². The van der Waals surface area contributed by atoms with Crippen molar-refractivity contribution in [3.63, 3.8) is 0 Å². The van der Waals surface area contributed by atoms with Crippen molar-refractivity contribution in [1.82, 2.24) is 4.90 Å². The molecule has 0 radical (unpaired) electrons. The van der Waals surface area contributed by atoms with E-state index >= 15 is 0 Å². The highest BCUT2D eigenvalue weighted by molar-refractivity contribution is 5.95. The van der Waals surface area contributed by atoms with Crippen LogP contribution in [0.2, 0.25) is 0 Å². The summed E-state index contributed by atoms with van der Waals surface area (Å²) in [6.45, 7) is 3.21. The van der Waals surface area contributed by atoms with E-state index in [1.807, 2.05) is 0 Å². The third-order valence-corrected chi connectivity index (χ3v) is 2.60. The summed E-state index contributed by atoms with van der Waals surface area (Å²) in [5.41, 5.74) is 6.39. The monoisotopic (exact) mass is 194 g/mol. The van der Waals surface area contributed by atoms with Crippen LogP contribution in [-0.4, -0.2) is 29.9 Å². The van der Waals surface area contributed by atoms with Gasteiger partial charge in [0.2, 0.25) is 0 Å². The van der Waals surface area contributed by atoms with Crippen molar-refractivity contribution in [1.29, 1.82) is 0 Å². The molecule has 0 unspecified atom stereocenters. The summed E-state index contributed by atoms with van der Waals surface area (Å²) >= 11 is 0. The number of aryl methyl sites for hydroxylation is 1. The summed E-state index contributed by atoms with van der Waals surface area (Å²) in [5.74, 6) is 0.708. The summed E-state index contributed by atoms with van der Waals surface area (Å²) in [6, 6.07) is 1.84. The number of hydrogen-bond donors (Lipinski definition) is 1. The van der Waals surface area contributed by atoms with Gasteiger partial charge in [-0.2, -0.15) is 0 Å². The van der Waals surface area contributed by atoms with Gasteiger partial charge in [0.1, 0.15) is 5.76 Å². The summed E-state index contributed by atoms with van der Waals surface area (Å²) in [6.07, 6.45) is 2.43. The van der Waals surface area contributed by atoms with Crippen LogP contribution in [0.3, 0.4) is 0 Å². The van der Waals surface area contributed by atoms with E-state index in [1.54, 1.807) is 24.2 Å². The van der Waals surface area contributed by atoms with Gasteiger partial charge in [-0.15, -0.1) is 0 Å². The minimum Gasteiger partial charge on any atom is -0.469 e. The second-order valence-corrected chi connectivity index (χ2v) is 3.69. The van der Waals surface area contributed by atoms with Crippen molar-refractivity contribution in [2.45, 2.75) is 19.4 Å². The average molecular weight is 194 g/mol. The third kappa shape index (κ3) is 1.53. The summed E-state index contributed by atoms with van der Waals surface area (Å²) in [4.78, 5) is 13.7. The zero-order valence-corrected chi connectivity index (χ0v) is 8.19. The number of likely N-dealkylation sites (tertiary alicyclic amines) is 1. The first kappa shape index (κ1) is 9.27. The van der Waals surface area contributed by atoms with E-state index in [0.717, 1.165) is 13.0 Å². The van der Waals surface area contributed by atoms with E-state index in [2.05, 4.69) is 0 Å². The molecule has 1 aliphatic rings. The molecule has 0 aliphatic carbocycles. The molecule has 14 heavy (non-hydrogen) atoms. The highest BCUT2D eigenvalue weighted by Crippen LogP contribution is 2.15. The first-order chi connectivity index (χ1) is 6.68. The molecule has 2 heterocycles. The molecule has 1 amide bonds. The number of amides is 1. The lowest BCUT2D eigenvalue weighted by Gasteiger charge is -2.14. The Morgan fingerprint density at radius 2 is 2.50 bits per heavy atom. The fraction of sp³-hybridized carbons (Fsp3) is 0.500. The molecule has 1 atom stereocenters. The Hall–Kier alpha value is -1.29. The molecule has 4 heteroatoms. The summed E-state index contributed by atoms with van der Waals surface area (Å²) < 4.78 is 5.09. The van der Waals surface area contributed by atoms with Crippen molar-refractivity contribution in [3.8, 4) is 0 Å². The number of rotatable bonds is 1. The van der Waals surface area contributed by atoms with Gasteiger partial charge in [-0.05, 0) is 19.4 Å². The van der Waals surface area contributed by atoms with Gasteiger partial charge in [-0.3, -0.25) is 4.79 Å². The van der Waals surface area contributed by atoms with E-state index in [-0.39, 0.29) is 11.9 Å². The van der Waals surface area contributed by atoms with Gasteiger partial charge < -0.3 is 15.1 Å². The van der Waals surface area contributed by atoms with Crippen molar-refractivity contribution >= 4 is 5.91 Å². The zero-order chi connectivity index (χ0) is 10.1. The second-order valence-electron chi connectivity index (χ2n) is 3.69. The lowest BCUT2D eigenvalue weighted by Crippen LogP contribution is -2.31. The smallest absolute Gasteiger partial charge is 0.257 e. The molecule has 0 spiro atoms. The SMILES string of the molecule is Cc1occc1C(=O)N1CC[C@@H](N)C1. The van der Waals surface area contributed by atoms with Gasteiger partial charge >= 0.3 is 0 Å². The van der Waals surface area contributed by atoms with Crippen molar-refractivity contribution in [2.75, 3.05) is 13.1 Å². The van der Waals surface area contributed by atoms with Crippen LogP contribution in [0.4, 0.5) is 0 Å². The van der Waals surface area contributed by atoms with E-state index in [9.17, 15) is 4.79 Å². The number of furan rings is 1. The molecule has 1 fully saturated rings. The Labute approximate surface area is 82.7 Å². The minimum absolute atomic E-state index is 0.0317. The highest BCUT2D eigenvalue weighted by atomic mass is 16.3. The third-order valence-electron chi connectivity index (χ3n) is 2.60.